The van der Waals surface area contributed by atoms with Gasteiger partial charge in [0.1, 0.15) is 11.3 Å². The lowest BCUT2D eigenvalue weighted by atomic mass is 9.87. The van der Waals surface area contributed by atoms with Crippen LogP contribution in [0.4, 0.5) is 0 Å². The van der Waals surface area contributed by atoms with Gasteiger partial charge in [0, 0.05) is 12.0 Å². The number of methoxy groups -OCH3 is 1. The molecule has 0 radical (unpaired) electrons. The highest BCUT2D eigenvalue weighted by atomic mass is 16.5. The number of hydrogen-bond donors (Lipinski definition) is 1. The van der Waals surface area contributed by atoms with Crippen molar-refractivity contribution >= 4 is 11.8 Å². The fourth-order valence-electron chi connectivity index (χ4n) is 2.78. The number of ether oxygens (including phenoxy) is 1. The Kier molecular flexibility index (Phi) is 3.71. The minimum Gasteiger partial charge on any atom is -0.468 e. The molecule has 1 aromatic rings. The summed E-state index contributed by atoms with van der Waals surface area (Å²) in [6.07, 6.45) is 0.467. The molecule has 0 amide bonds. The molecule has 2 rings (SSSR count). The van der Waals surface area contributed by atoms with Crippen molar-refractivity contribution in [3.05, 3.63) is 35.9 Å². The molecule has 1 N–H and O–H groups in total. The molecule has 1 aliphatic heterocycles. The Labute approximate surface area is 113 Å². The number of Topliss-reactive ketones (excluding diaryl/α,β-unsaturated/α-hetero) is 1. The first-order valence-electron chi connectivity index (χ1n) is 6.39. The van der Waals surface area contributed by atoms with Gasteiger partial charge in [-0.3, -0.25) is 14.9 Å². The third kappa shape index (κ3) is 2.54. The molecular weight excluding hydrogens is 242 g/mol. The molecule has 4 nitrogen and oxygen atoms in total. The maximum Gasteiger partial charge on any atom is 0.325 e. The van der Waals surface area contributed by atoms with Crippen LogP contribution in [-0.2, 0) is 14.3 Å². The minimum atomic E-state index is -0.800. The second-order valence-corrected chi connectivity index (χ2v) is 5.28. The molecule has 1 aromatic carbocycles. The van der Waals surface area contributed by atoms with Gasteiger partial charge in [0.25, 0.3) is 0 Å². The van der Waals surface area contributed by atoms with E-state index in [4.69, 9.17) is 4.74 Å². The summed E-state index contributed by atoms with van der Waals surface area (Å²) in [6.45, 7) is 3.36. The molecule has 0 saturated carbocycles. The Morgan fingerprint density at radius 2 is 1.95 bits per heavy atom. The normalized spacial score (nSPS) is 30.1. The van der Waals surface area contributed by atoms with Gasteiger partial charge in [0.15, 0.2) is 0 Å². The van der Waals surface area contributed by atoms with Crippen molar-refractivity contribution in [2.75, 3.05) is 7.11 Å². The Morgan fingerprint density at radius 1 is 1.32 bits per heavy atom. The predicted molar refractivity (Wildman–Crippen MR) is 71.5 cm³/mol. The Bertz CT molecular complexity index is 485. The first-order chi connectivity index (χ1) is 8.98. The second kappa shape index (κ2) is 5.13. The molecule has 4 heteroatoms. The summed E-state index contributed by atoms with van der Waals surface area (Å²) in [5.74, 6) is -0.433. The molecule has 0 aromatic heterocycles. The van der Waals surface area contributed by atoms with E-state index in [0.29, 0.717) is 6.42 Å². The van der Waals surface area contributed by atoms with E-state index in [0.717, 1.165) is 5.56 Å². The molecule has 1 aliphatic rings. The number of rotatable bonds is 3. The van der Waals surface area contributed by atoms with Crippen LogP contribution in [0.1, 0.15) is 31.9 Å². The van der Waals surface area contributed by atoms with Crippen LogP contribution in [0.3, 0.4) is 0 Å². The lowest BCUT2D eigenvalue weighted by Gasteiger charge is -2.22. The number of hydrogen-bond acceptors (Lipinski definition) is 4. The van der Waals surface area contributed by atoms with Crippen LogP contribution in [0.15, 0.2) is 30.3 Å². The highest BCUT2D eigenvalue weighted by molar-refractivity contribution is 5.85. The molecule has 0 aliphatic carbocycles. The summed E-state index contributed by atoms with van der Waals surface area (Å²) in [4.78, 5) is 23.7. The van der Waals surface area contributed by atoms with Crippen molar-refractivity contribution in [1.82, 2.24) is 5.32 Å². The lowest BCUT2D eigenvalue weighted by Crippen LogP contribution is -2.45. The summed E-state index contributed by atoms with van der Waals surface area (Å²) in [6, 6.07) is 9.60. The zero-order valence-corrected chi connectivity index (χ0v) is 11.5. The summed E-state index contributed by atoms with van der Waals surface area (Å²) >= 11 is 0. The average molecular weight is 261 g/mol. The van der Waals surface area contributed by atoms with Crippen LogP contribution in [0.25, 0.3) is 0 Å². The summed E-state index contributed by atoms with van der Waals surface area (Å²) in [5.41, 5.74) is 0.223. The summed E-state index contributed by atoms with van der Waals surface area (Å²) < 4.78 is 4.84. The number of carbonyl (C=O) groups excluding carboxylic acids is 2. The molecule has 102 valence electrons. The third-order valence-electron chi connectivity index (χ3n) is 3.82. The van der Waals surface area contributed by atoms with E-state index in [9.17, 15) is 9.59 Å². The van der Waals surface area contributed by atoms with Crippen molar-refractivity contribution in [2.45, 2.75) is 31.8 Å². The fourth-order valence-corrected chi connectivity index (χ4v) is 2.78. The van der Waals surface area contributed by atoms with Gasteiger partial charge >= 0.3 is 5.97 Å². The quantitative estimate of drug-likeness (QED) is 0.844. The van der Waals surface area contributed by atoms with Crippen molar-refractivity contribution in [1.29, 1.82) is 0 Å². The van der Waals surface area contributed by atoms with Gasteiger partial charge in [0.2, 0.25) is 0 Å². The van der Waals surface area contributed by atoms with Crippen molar-refractivity contribution in [2.24, 2.45) is 5.92 Å². The standard InChI is InChI=1S/C15H19NO3/c1-10(17)12-9-15(2,14(18)19-3)16-13(12)11-7-5-4-6-8-11/h4-8,12-13,16H,9H2,1-3H3. The molecule has 19 heavy (non-hydrogen) atoms. The van der Waals surface area contributed by atoms with Crippen LogP contribution >= 0.6 is 0 Å². The minimum absolute atomic E-state index is 0.0916. The van der Waals surface area contributed by atoms with E-state index in [1.54, 1.807) is 13.8 Å². The van der Waals surface area contributed by atoms with Gasteiger partial charge in [-0.25, -0.2) is 0 Å². The maximum absolute atomic E-state index is 11.9. The molecule has 3 unspecified atom stereocenters. The van der Waals surface area contributed by atoms with Crippen LogP contribution < -0.4 is 5.32 Å². The van der Waals surface area contributed by atoms with Crippen LogP contribution in [-0.4, -0.2) is 24.4 Å². The van der Waals surface area contributed by atoms with E-state index in [-0.39, 0.29) is 23.7 Å². The lowest BCUT2D eigenvalue weighted by molar-refractivity contribution is -0.147. The SMILES string of the molecule is COC(=O)C1(C)CC(C(C)=O)C(c2ccccc2)N1. The number of carbonyl (C=O) groups is 2. The summed E-state index contributed by atoms with van der Waals surface area (Å²) in [5, 5.41) is 3.27. The van der Waals surface area contributed by atoms with E-state index >= 15 is 0 Å². The maximum atomic E-state index is 11.9. The average Bonchev–Trinajstić information content (AvgIpc) is 2.78. The number of ketones is 1. The van der Waals surface area contributed by atoms with Crippen molar-refractivity contribution in [3.8, 4) is 0 Å². The van der Waals surface area contributed by atoms with Gasteiger partial charge in [-0.05, 0) is 25.8 Å². The Morgan fingerprint density at radius 3 is 2.47 bits per heavy atom. The Hall–Kier alpha value is -1.68. The predicted octanol–water partition coefficient (Wildman–Crippen LogP) is 1.86. The first-order valence-corrected chi connectivity index (χ1v) is 6.39. The van der Waals surface area contributed by atoms with E-state index in [1.807, 2.05) is 30.3 Å². The Balaban J connectivity index is 2.33. The molecule has 3 atom stereocenters. The van der Waals surface area contributed by atoms with Crippen molar-refractivity contribution < 1.29 is 14.3 Å². The molecule has 1 heterocycles. The highest BCUT2D eigenvalue weighted by Gasteiger charge is 2.49. The molecule has 1 saturated heterocycles. The fraction of sp³-hybridized carbons (Fsp3) is 0.467. The van der Waals surface area contributed by atoms with Gasteiger partial charge in [0.05, 0.1) is 7.11 Å². The van der Waals surface area contributed by atoms with E-state index in [1.165, 1.54) is 7.11 Å². The van der Waals surface area contributed by atoms with E-state index < -0.39 is 5.54 Å². The molecule has 0 spiro atoms. The zero-order valence-electron chi connectivity index (χ0n) is 11.5. The van der Waals surface area contributed by atoms with Gasteiger partial charge in [-0.15, -0.1) is 0 Å². The second-order valence-electron chi connectivity index (χ2n) is 5.28. The van der Waals surface area contributed by atoms with Gasteiger partial charge < -0.3 is 4.74 Å². The van der Waals surface area contributed by atoms with Crippen LogP contribution in [0, 0.1) is 5.92 Å². The summed E-state index contributed by atoms with van der Waals surface area (Å²) in [7, 11) is 1.37. The molecule has 0 bridgehead atoms. The smallest absolute Gasteiger partial charge is 0.325 e. The number of benzene rings is 1. The van der Waals surface area contributed by atoms with Gasteiger partial charge in [-0.1, -0.05) is 30.3 Å². The third-order valence-corrected chi connectivity index (χ3v) is 3.82. The highest BCUT2D eigenvalue weighted by Crippen LogP contribution is 2.39. The monoisotopic (exact) mass is 261 g/mol. The largest absolute Gasteiger partial charge is 0.468 e. The van der Waals surface area contributed by atoms with Gasteiger partial charge in [-0.2, -0.15) is 0 Å². The number of nitrogens with one attached hydrogen (secondary N) is 1. The molecule has 1 fully saturated rings. The first kappa shape index (κ1) is 13.7. The number of esters is 1. The van der Waals surface area contributed by atoms with Crippen molar-refractivity contribution in [3.63, 3.8) is 0 Å². The topological polar surface area (TPSA) is 55.4 Å². The zero-order chi connectivity index (χ0) is 14.0. The van der Waals surface area contributed by atoms with Crippen LogP contribution in [0.2, 0.25) is 0 Å². The van der Waals surface area contributed by atoms with Crippen LogP contribution in [0.5, 0.6) is 0 Å². The van der Waals surface area contributed by atoms with E-state index in [2.05, 4.69) is 5.32 Å². The molecular formula is C15H19NO3.